The molecule has 0 saturated carbocycles. The Hall–Kier alpha value is -3.87. The van der Waals surface area contributed by atoms with Gasteiger partial charge in [-0.2, -0.15) is 0 Å². The third kappa shape index (κ3) is 2.92. The molecule has 0 aliphatic rings. The van der Waals surface area contributed by atoms with Gasteiger partial charge in [0, 0.05) is 18.8 Å². The average molecular weight is 373 g/mol. The highest BCUT2D eigenvalue weighted by Gasteiger charge is 2.13. The van der Waals surface area contributed by atoms with Crippen LogP contribution in [0.3, 0.4) is 0 Å². The Kier molecular flexibility index (Phi) is 4.41. The number of hydrogen-bond donors (Lipinski definition) is 2. The summed E-state index contributed by atoms with van der Waals surface area (Å²) in [5.74, 6) is 0.660. The molecule has 0 aliphatic carbocycles. The van der Waals surface area contributed by atoms with Crippen LogP contribution in [-0.2, 0) is 0 Å². The molecule has 0 amide bonds. The van der Waals surface area contributed by atoms with Crippen LogP contribution in [0, 0.1) is 0 Å². The first-order valence-electron chi connectivity index (χ1n) is 8.72. The van der Waals surface area contributed by atoms with Gasteiger partial charge in [-0.15, -0.1) is 0 Å². The van der Waals surface area contributed by atoms with E-state index in [2.05, 4.69) is 15.3 Å². The number of rotatable bonds is 4. The van der Waals surface area contributed by atoms with Crippen LogP contribution >= 0.6 is 0 Å². The number of pyridine rings is 1. The standard InChI is InChI=1S/C21H19N5O2/c1-23-18-11-14(12-24-19(18)28-2)13-8-9-17-16(10-13)20(27)26(21(22)25-17)15-6-4-3-5-7-15/h3-12,23H,1-2H3,(H2,22,25). The van der Waals surface area contributed by atoms with Crippen LogP contribution in [0.5, 0.6) is 5.88 Å². The Bertz CT molecular complexity index is 1220. The summed E-state index contributed by atoms with van der Waals surface area (Å²) in [5.41, 5.74) is 9.53. The normalized spacial score (nSPS) is 10.8. The second kappa shape index (κ2) is 7.03. The molecule has 4 aromatic rings. The van der Waals surface area contributed by atoms with Crippen molar-refractivity contribution in [1.82, 2.24) is 14.5 Å². The highest BCUT2D eigenvalue weighted by Crippen LogP contribution is 2.29. The molecule has 0 aliphatic heterocycles. The number of nitrogen functional groups attached to an aromatic ring is 1. The second-order valence-electron chi connectivity index (χ2n) is 6.21. The van der Waals surface area contributed by atoms with Crippen LogP contribution in [-0.4, -0.2) is 28.7 Å². The van der Waals surface area contributed by atoms with Crippen molar-refractivity contribution in [2.45, 2.75) is 0 Å². The molecule has 2 aromatic carbocycles. The third-order valence-electron chi connectivity index (χ3n) is 4.56. The van der Waals surface area contributed by atoms with Gasteiger partial charge in [0.1, 0.15) is 0 Å². The molecule has 0 saturated heterocycles. The molecule has 2 aromatic heterocycles. The van der Waals surface area contributed by atoms with Crippen molar-refractivity contribution in [2.24, 2.45) is 0 Å². The Morgan fingerprint density at radius 2 is 1.86 bits per heavy atom. The Morgan fingerprint density at radius 1 is 1.07 bits per heavy atom. The van der Waals surface area contributed by atoms with Crippen LogP contribution in [0.4, 0.5) is 11.6 Å². The Labute approximate surface area is 161 Å². The topological polar surface area (TPSA) is 95.1 Å². The molecular weight excluding hydrogens is 354 g/mol. The quantitative estimate of drug-likeness (QED) is 0.571. The average Bonchev–Trinajstić information content (AvgIpc) is 2.74. The first-order valence-corrected chi connectivity index (χ1v) is 8.72. The second-order valence-corrected chi connectivity index (χ2v) is 6.21. The lowest BCUT2D eigenvalue weighted by molar-refractivity contribution is 0.400. The van der Waals surface area contributed by atoms with Crippen LogP contribution in [0.2, 0.25) is 0 Å². The predicted molar refractivity (Wildman–Crippen MR) is 111 cm³/mol. The molecule has 28 heavy (non-hydrogen) atoms. The number of nitrogens with one attached hydrogen (secondary N) is 1. The predicted octanol–water partition coefficient (Wildman–Crippen LogP) is 3.08. The van der Waals surface area contributed by atoms with Gasteiger partial charge < -0.3 is 15.8 Å². The fourth-order valence-corrected chi connectivity index (χ4v) is 3.16. The van der Waals surface area contributed by atoms with Gasteiger partial charge in [-0.1, -0.05) is 24.3 Å². The molecule has 7 heteroatoms. The number of anilines is 2. The molecule has 0 spiro atoms. The first kappa shape index (κ1) is 17.5. The minimum Gasteiger partial charge on any atom is -0.480 e. The third-order valence-corrected chi connectivity index (χ3v) is 4.56. The number of para-hydroxylation sites is 1. The Balaban J connectivity index is 1.91. The van der Waals surface area contributed by atoms with Crippen molar-refractivity contribution in [3.05, 3.63) is 71.1 Å². The van der Waals surface area contributed by atoms with Crippen molar-refractivity contribution in [1.29, 1.82) is 0 Å². The smallest absolute Gasteiger partial charge is 0.267 e. The maximum Gasteiger partial charge on any atom is 0.267 e. The lowest BCUT2D eigenvalue weighted by atomic mass is 10.0. The number of fused-ring (bicyclic) bond motifs is 1. The van der Waals surface area contributed by atoms with Gasteiger partial charge in [-0.25, -0.2) is 14.5 Å². The van der Waals surface area contributed by atoms with Crippen LogP contribution in [0.15, 0.2) is 65.6 Å². The minimum absolute atomic E-state index is 0.153. The highest BCUT2D eigenvalue weighted by molar-refractivity contribution is 5.85. The van der Waals surface area contributed by atoms with E-state index in [9.17, 15) is 4.79 Å². The molecule has 0 fully saturated rings. The van der Waals surface area contributed by atoms with Gasteiger partial charge >= 0.3 is 0 Å². The maximum atomic E-state index is 13.2. The number of methoxy groups -OCH3 is 1. The van der Waals surface area contributed by atoms with E-state index in [1.807, 2.05) is 48.5 Å². The summed E-state index contributed by atoms with van der Waals surface area (Å²) < 4.78 is 6.66. The van der Waals surface area contributed by atoms with Gasteiger partial charge in [-0.05, 0) is 35.9 Å². The fourth-order valence-electron chi connectivity index (χ4n) is 3.16. The van der Waals surface area contributed by atoms with E-state index in [1.165, 1.54) is 4.57 Å². The summed E-state index contributed by atoms with van der Waals surface area (Å²) in [5, 5.41) is 3.54. The molecule has 0 bridgehead atoms. The van der Waals surface area contributed by atoms with Crippen molar-refractivity contribution >= 4 is 22.5 Å². The summed E-state index contributed by atoms with van der Waals surface area (Å²) in [4.78, 5) is 21.9. The Morgan fingerprint density at radius 3 is 2.57 bits per heavy atom. The summed E-state index contributed by atoms with van der Waals surface area (Å²) >= 11 is 0. The lowest BCUT2D eigenvalue weighted by Gasteiger charge is -2.12. The van der Waals surface area contributed by atoms with Crippen LogP contribution in [0.25, 0.3) is 27.7 Å². The van der Waals surface area contributed by atoms with Crippen molar-refractivity contribution in [3.63, 3.8) is 0 Å². The van der Waals surface area contributed by atoms with Gasteiger partial charge in [-0.3, -0.25) is 4.79 Å². The van der Waals surface area contributed by atoms with Gasteiger partial charge in [0.2, 0.25) is 11.8 Å². The van der Waals surface area contributed by atoms with Gasteiger partial charge in [0.25, 0.3) is 5.56 Å². The monoisotopic (exact) mass is 373 g/mol. The molecule has 0 radical (unpaired) electrons. The van der Waals surface area contributed by atoms with E-state index in [1.54, 1.807) is 26.4 Å². The maximum absolute atomic E-state index is 13.2. The van der Waals surface area contributed by atoms with Crippen molar-refractivity contribution < 1.29 is 4.74 Å². The number of nitrogens with two attached hydrogens (primary N) is 1. The SMILES string of the molecule is CNc1cc(-c2ccc3nc(N)n(-c4ccccc4)c(=O)c3c2)cnc1OC. The van der Waals surface area contributed by atoms with Gasteiger partial charge in [0.15, 0.2) is 0 Å². The van der Waals surface area contributed by atoms with E-state index < -0.39 is 0 Å². The zero-order valence-electron chi connectivity index (χ0n) is 15.5. The zero-order valence-corrected chi connectivity index (χ0v) is 15.5. The molecule has 0 unspecified atom stereocenters. The summed E-state index contributed by atoms with van der Waals surface area (Å²) in [6.07, 6.45) is 1.71. The minimum atomic E-state index is -0.217. The highest BCUT2D eigenvalue weighted by atomic mass is 16.5. The molecule has 3 N–H and O–H groups in total. The molecule has 140 valence electrons. The summed E-state index contributed by atoms with van der Waals surface area (Å²) in [7, 11) is 3.37. The molecular formula is C21H19N5O2. The number of benzene rings is 2. The van der Waals surface area contributed by atoms with Crippen LogP contribution in [0.1, 0.15) is 0 Å². The number of hydrogen-bond acceptors (Lipinski definition) is 6. The summed E-state index contributed by atoms with van der Waals surface area (Å²) in [6.45, 7) is 0. The van der Waals surface area contributed by atoms with E-state index in [-0.39, 0.29) is 11.5 Å². The van der Waals surface area contributed by atoms with Gasteiger partial charge in [0.05, 0.1) is 29.4 Å². The van der Waals surface area contributed by atoms with Crippen LogP contribution < -0.4 is 21.3 Å². The van der Waals surface area contributed by atoms with Crippen molar-refractivity contribution in [2.75, 3.05) is 25.2 Å². The zero-order chi connectivity index (χ0) is 19.7. The van der Waals surface area contributed by atoms with Crippen molar-refractivity contribution in [3.8, 4) is 22.7 Å². The first-order chi connectivity index (χ1) is 13.6. The molecule has 4 rings (SSSR count). The number of nitrogens with zero attached hydrogens (tertiary/aromatic N) is 3. The molecule has 0 atom stereocenters. The van der Waals surface area contributed by atoms with E-state index in [4.69, 9.17) is 10.5 Å². The molecule has 2 heterocycles. The largest absolute Gasteiger partial charge is 0.480 e. The van der Waals surface area contributed by atoms with E-state index >= 15 is 0 Å². The summed E-state index contributed by atoms with van der Waals surface area (Å²) in [6, 6.07) is 16.6. The molecule has 7 nitrogen and oxygen atoms in total. The number of aromatic nitrogens is 3. The fraction of sp³-hybridized carbons (Fsp3) is 0.0952. The number of ether oxygens (including phenoxy) is 1. The van der Waals surface area contributed by atoms with E-state index in [0.717, 1.165) is 16.8 Å². The van der Waals surface area contributed by atoms with E-state index in [0.29, 0.717) is 22.5 Å². The lowest BCUT2D eigenvalue weighted by Crippen LogP contribution is -2.23.